The van der Waals surface area contributed by atoms with Crippen molar-refractivity contribution < 1.29 is 0 Å². The van der Waals surface area contributed by atoms with Crippen LogP contribution in [0.4, 0.5) is 5.69 Å². The number of benzene rings is 1. The van der Waals surface area contributed by atoms with Gasteiger partial charge in [0.05, 0.1) is 11.4 Å². The Morgan fingerprint density at radius 1 is 1.38 bits per heavy atom. The SMILES string of the molecule is Cc1ccc(N)c(-n2nnnc2C2CC2)c1. The number of rotatable bonds is 2. The Balaban J connectivity index is 2.13. The Kier molecular flexibility index (Phi) is 1.92. The summed E-state index contributed by atoms with van der Waals surface area (Å²) in [4.78, 5) is 0. The molecule has 5 nitrogen and oxygen atoms in total. The van der Waals surface area contributed by atoms with Crippen LogP contribution in [0.15, 0.2) is 18.2 Å². The molecular formula is C11H13N5. The number of nitrogens with two attached hydrogens (primary N) is 1. The van der Waals surface area contributed by atoms with Gasteiger partial charge in [0.1, 0.15) is 0 Å². The van der Waals surface area contributed by atoms with Crippen molar-refractivity contribution >= 4 is 5.69 Å². The summed E-state index contributed by atoms with van der Waals surface area (Å²) in [5, 5.41) is 11.8. The molecule has 16 heavy (non-hydrogen) atoms. The predicted molar refractivity (Wildman–Crippen MR) is 60.3 cm³/mol. The van der Waals surface area contributed by atoms with Crippen molar-refractivity contribution in [2.45, 2.75) is 25.7 Å². The number of nitrogen functional groups attached to an aromatic ring is 1. The standard InChI is InChI=1S/C11H13N5/c1-7-2-5-9(12)10(6-7)16-11(8-3-4-8)13-14-15-16/h2,5-6,8H,3-4,12H2,1H3. The molecule has 0 bridgehead atoms. The van der Waals surface area contributed by atoms with Crippen LogP contribution in [0.25, 0.3) is 5.69 Å². The molecule has 0 spiro atoms. The average molecular weight is 215 g/mol. The molecule has 1 aliphatic carbocycles. The molecule has 2 aromatic rings. The minimum Gasteiger partial charge on any atom is -0.397 e. The molecular weight excluding hydrogens is 202 g/mol. The van der Waals surface area contributed by atoms with Crippen LogP contribution < -0.4 is 5.73 Å². The molecule has 0 saturated heterocycles. The maximum absolute atomic E-state index is 5.95. The third kappa shape index (κ3) is 1.44. The molecule has 1 aromatic carbocycles. The summed E-state index contributed by atoms with van der Waals surface area (Å²) in [6.07, 6.45) is 2.35. The van der Waals surface area contributed by atoms with Crippen LogP contribution in [0.1, 0.15) is 30.1 Å². The van der Waals surface area contributed by atoms with Crippen LogP contribution in [0.3, 0.4) is 0 Å². The zero-order chi connectivity index (χ0) is 11.1. The molecule has 0 radical (unpaired) electrons. The van der Waals surface area contributed by atoms with E-state index in [0.29, 0.717) is 11.6 Å². The molecule has 2 N–H and O–H groups in total. The van der Waals surface area contributed by atoms with Gasteiger partial charge in [-0.2, -0.15) is 4.68 Å². The largest absolute Gasteiger partial charge is 0.397 e. The molecule has 3 rings (SSSR count). The van der Waals surface area contributed by atoms with Crippen LogP contribution in [0, 0.1) is 6.92 Å². The first-order valence-corrected chi connectivity index (χ1v) is 5.40. The summed E-state index contributed by atoms with van der Waals surface area (Å²) < 4.78 is 1.76. The summed E-state index contributed by atoms with van der Waals surface area (Å²) in [5.74, 6) is 1.44. The molecule has 0 aliphatic heterocycles. The number of nitrogens with zero attached hydrogens (tertiary/aromatic N) is 4. The molecule has 0 amide bonds. The maximum Gasteiger partial charge on any atom is 0.159 e. The zero-order valence-electron chi connectivity index (χ0n) is 9.09. The third-order valence-electron chi connectivity index (χ3n) is 2.85. The summed E-state index contributed by atoms with van der Waals surface area (Å²) in [7, 11) is 0. The number of tetrazole rings is 1. The molecule has 1 aromatic heterocycles. The first-order chi connectivity index (χ1) is 7.75. The Morgan fingerprint density at radius 2 is 2.19 bits per heavy atom. The van der Waals surface area contributed by atoms with E-state index in [4.69, 9.17) is 5.73 Å². The summed E-state index contributed by atoms with van der Waals surface area (Å²) in [6.45, 7) is 2.03. The van der Waals surface area contributed by atoms with Gasteiger partial charge in [0.15, 0.2) is 5.82 Å². The van der Waals surface area contributed by atoms with Gasteiger partial charge in [-0.25, -0.2) is 0 Å². The quantitative estimate of drug-likeness (QED) is 0.769. The molecule has 0 atom stereocenters. The number of hydrogen-bond donors (Lipinski definition) is 1. The van der Waals surface area contributed by atoms with E-state index in [1.54, 1.807) is 4.68 Å². The fourth-order valence-electron chi connectivity index (χ4n) is 1.80. The lowest BCUT2D eigenvalue weighted by molar-refractivity contribution is 0.764. The van der Waals surface area contributed by atoms with Crippen molar-refractivity contribution in [1.82, 2.24) is 20.2 Å². The third-order valence-corrected chi connectivity index (χ3v) is 2.85. The molecule has 1 saturated carbocycles. The van der Waals surface area contributed by atoms with Gasteiger partial charge in [-0.05, 0) is 47.9 Å². The molecule has 5 heteroatoms. The number of aryl methyl sites for hydroxylation is 1. The van der Waals surface area contributed by atoms with Crippen molar-refractivity contribution in [3.8, 4) is 5.69 Å². The van der Waals surface area contributed by atoms with Crippen molar-refractivity contribution in [1.29, 1.82) is 0 Å². The fourth-order valence-corrected chi connectivity index (χ4v) is 1.80. The van der Waals surface area contributed by atoms with E-state index in [-0.39, 0.29) is 0 Å². The van der Waals surface area contributed by atoms with Crippen molar-refractivity contribution in [2.75, 3.05) is 5.73 Å². The highest BCUT2D eigenvalue weighted by Gasteiger charge is 2.30. The van der Waals surface area contributed by atoms with Gasteiger partial charge in [0, 0.05) is 5.92 Å². The van der Waals surface area contributed by atoms with Crippen molar-refractivity contribution in [3.63, 3.8) is 0 Å². The molecule has 0 unspecified atom stereocenters. The number of aromatic nitrogens is 4. The van der Waals surface area contributed by atoms with Crippen LogP contribution >= 0.6 is 0 Å². The Hall–Kier alpha value is -1.91. The van der Waals surface area contributed by atoms with Gasteiger partial charge in [0.2, 0.25) is 0 Å². The average Bonchev–Trinajstić information content (AvgIpc) is 3.01. The van der Waals surface area contributed by atoms with E-state index in [9.17, 15) is 0 Å². The maximum atomic E-state index is 5.95. The van der Waals surface area contributed by atoms with E-state index >= 15 is 0 Å². The van der Waals surface area contributed by atoms with E-state index < -0.39 is 0 Å². The second-order valence-corrected chi connectivity index (χ2v) is 4.29. The van der Waals surface area contributed by atoms with Gasteiger partial charge in [-0.15, -0.1) is 5.10 Å². The van der Waals surface area contributed by atoms with Crippen LogP contribution in [-0.4, -0.2) is 20.2 Å². The van der Waals surface area contributed by atoms with Gasteiger partial charge >= 0.3 is 0 Å². The highest BCUT2D eigenvalue weighted by atomic mass is 15.5. The van der Waals surface area contributed by atoms with Gasteiger partial charge in [0.25, 0.3) is 0 Å². The second kappa shape index (κ2) is 3.30. The smallest absolute Gasteiger partial charge is 0.159 e. The molecule has 1 aliphatic rings. The first-order valence-electron chi connectivity index (χ1n) is 5.40. The zero-order valence-corrected chi connectivity index (χ0v) is 9.09. The van der Waals surface area contributed by atoms with Gasteiger partial charge in [-0.1, -0.05) is 6.07 Å². The predicted octanol–water partition coefficient (Wildman–Crippen LogP) is 1.43. The Labute approximate surface area is 93.3 Å². The lowest BCUT2D eigenvalue weighted by Gasteiger charge is -2.07. The monoisotopic (exact) mass is 215 g/mol. The van der Waals surface area contributed by atoms with Crippen LogP contribution in [0.2, 0.25) is 0 Å². The van der Waals surface area contributed by atoms with Crippen molar-refractivity contribution in [2.24, 2.45) is 0 Å². The van der Waals surface area contributed by atoms with E-state index in [0.717, 1.165) is 17.1 Å². The minimum absolute atomic E-state index is 0.509. The van der Waals surface area contributed by atoms with E-state index in [2.05, 4.69) is 15.5 Å². The normalized spacial score (nSPS) is 15.3. The lowest BCUT2D eigenvalue weighted by atomic mass is 10.2. The first kappa shape index (κ1) is 9.33. The van der Waals surface area contributed by atoms with Crippen molar-refractivity contribution in [3.05, 3.63) is 29.6 Å². The summed E-state index contributed by atoms with van der Waals surface area (Å²) in [5.41, 5.74) is 8.70. The van der Waals surface area contributed by atoms with Crippen LogP contribution in [0.5, 0.6) is 0 Å². The highest BCUT2D eigenvalue weighted by molar-refractivity contribution is 5.58. The molecule has 1 fully saturated rings. The topological polar surface area (TPSA) is 69.6 Å². The fraction of sp³-hybridized carbons (Fsp3) is 0.364. The minimum atomic E-state index is 0.509. The lowest BCUT2D eigenvalue weighted by Crippen LogP contribution is -2.05. The highest BCUT2D eigenvalue weighted by Crippen LogP contribution is 2.39. The Morgan fingerprint density at radius 3 is 2.94 bits per heavy atom. The Bertz CT molecular complexity index is 527. The summed E-state index contributed by atoms with van der Waals surface area (Å²) >= 11 is 0. The van der Waals surface area contributed by atoms with E-state index in [1.165, 1.54) is 12.8 Å². The summed E-state index contributed by atoms with van der Waals surface area (Å²) in [6, 6.07) is 5.89. The van der Waals surface area contributed by atoms with Crippen LogP contribution in [-0.2, 0) is 0 Å². The van der Waals surface area contributed by atoms with Gasteiger partial charge < -0.3 is 5.73 Å². The van der Waals surface area contributed by atoms with E-state index in [1.807, 2.05) is 25.1 Å². The number of hydrogen-bond acceptors (Lipinski definition) is 4. The molecule has 82 valence electrons. The molecule has 1 heterocycles. The second-order valence-electron chi connectivity index (χ2n) is 4.29. The number of anilines is 1. The van der Waals surface area contributed by atoms with Gasteiger partial charge in [-0.3, -0.25) is 0 Å².